The highest BCUT2D eigenvalue weighted by molar-refractivity contribution is 7.98. The molecule has 0 atom stereocenters. The predicted molar refractivity (Wildman–Crippen MR) is 96.5 cm³/mol. The molecule has 3 aromatic heterocycles. The lowest BCUT2D eigenvalue weighted by molar-refractivity contribution is 0.382. The van der Waals surface area contributed by atoms with E-state index in [0.717, 1.165) is 11.3 Å². The van der Waals surface area contributed by atoms with Crippen LogP contribution >= 0.6 is 23.1 Å². The first-order valence-corrected chi connectivity index (χ1v) is 9.48. The summed E-state index contributed by atoms with van der Waals surface area (Å²) in [6.07, 6.45) is 2.48. The summed E-state index contributed by atoms with van der Waals surface area (Å²) in [4.78, 5) is 22.3. The second kappa shape index (κ2) is 7.31. The van der Waals surface area contributed by atoms with Gasteiger partial charge in [0.05, 0.1) is 11.1 Å². The number of thioether (sulfide) groups is 1. The monoisotopic (exact) mass is 362 g/mol. The van der Waals surface area contributed by atoms with Gasteiger partial charge in [-0.3, -0.25) is 9.36 Å². The lowest BCUT2D eigenvalue weighted by Gasteiger charge is -2.08. The summed E-state index contributed by atoms with van der Waals surface area (Å²) in [6.45, 7) is 8.36. The molecule has 0 aliphatic carbocycles. The molecule has 0 saturated carbocycles. The molecule has 8 heteroatoms. The molecule has 24 heavy (non-hydrogen) atoms. The fourth-order valence-electron chi connectivity index (χ4n) is 2.25. The van der Waals surface area contributed by atoms with E-state index in [9.17, 15) is 4.79 Å². The van der Waals surface area contributed by atoms with Gasteiger partial charge in [0.25, 0.3) is 5.56 Å². The number of nitrogens with zero attached hydrogens (tertiary/aromatic N) is 4. The summed E-state index contributed by atoms with van der Waals surface area (Å²) in [7, 11) is 0. The Labute approximate surface area is 147 Å². The van der Waals surface area contributed by atoms with Crippen molar-refractivity contribution >= 4 is 33.3 Å². The fraction of sp³-hybridized carbons (Fsp3) is 0.375. The van der Waals surface area contributed by atoms with Gasteiger partial charge in [-0.1, -0.05) is 36.8 Å². The lowest BCUT2D eigenvalue weighted by atomic mass is 10.1. The normalized spacial score (nSPS) is 11.5. The number of allylic oxidation sites excluding steroid dienone is 1. The van der Waals surface area contributed by atoms with E-state index >= 15 is 0 Å². The summed E-state index contributed by atoms with van der Waals surface area (Å²) >= 11 is 2.88. The number of fused-ring (bicyclic) bond motifs is 1. The first kappa shape index (κ1) is 16.9. The van der Waals surface area contributed by atoms with E-state index in [1.807, 2.05) is 5.38 Å². The molecule has 0 aliphatic heterocycles. The van der Waals surface area contributed by atoms with E-state index in [4.69, 9.17) is 4.52 Å². The molecule has 0 unspecified atom stereocenters. The molecule has 0 fully saturated rings. The summed E-state index contributed by atoms with van der Waals surface area (Å²) in [5.41, 5.74) is -0.0466. The third-order valence-electron chi connectivity index (χ3n) is 3.29. The van der Waals surface area contributed by atoms with Crippen molar-refractivity contribution in [2.75, 3.05) is 0 Å². The van der Waals surface area contributed by atoms with Gasteiger partial charge in [-0.05, 0) is 17.4 Å². The Morgan fingerprint density at radius 2 is 2.29 bits per heavy atom. The van der Waals surface area contributed by atoms with Crippen molar-refractivity contribution in [3.05, 3.63) is 46.2 Å². The third kappa shape index (κ3) is 3.59. The molecule has 0 N–H and O–H groups in total. The Balaban J connectivity index is 1.83. The molecular formula is C16H18N4O2S2. The van der Waals surface area contributed by atoms with E-state index in [1.54, 1.807) is 16.7 Å². The van der Waals surface area contributed by atoms with E-state index in [2.05, 4.69) is 35.6 Å². The van der Waals surface area contributed by atoms with Crippen LogP contribution in [0.1, 0.15) is 25.6 Å². The minimum atomic E-state index is -0.0466. The lowest BCUT2D eigenvalue weighted by Crippen LogP contribution is -2.22. The Morgan fingerprint density at radius 1 is 1.46 bits per heavy atom. The minimum Gasteiger partial charge on any atom is -0.338 e. The van der Waals surface area contributed by atoms with Crippen LogP contribution in [0.3, 0.4) is 0 Å². The van der Waals surface area contributed by atoms with Gasteiger partial charge in [0.15, 0.2) is 11.0 Å². The zero-order valence-electron chi connectivity index (χ0n) is 13.6. The van der Waals surface area contributed by atoms with Crippen LogP contribution in [0.4, 0.5) is 0 Å². The summed E-state index contributed by atoms with van der Waals surface area (Å²) in [5, 5.41) is 7.14. The molecule has 0 amide bonds. The molecule has 0 radical (unpaired) electrons. The zero-order valence-corrected chi connectivity index (χ0v) is 15.2. The Hall–Kier alpha value is -1.93. The van der Waals surface area contributed by atoms with Crippen molar-refractivity contribution in [3.63, 3.8) is 0 Å². The van der Waals surface area contributed by atoms with Gasteiger partial charge in [0.2, 0.25) is 5.89 Å². The molecule has 0 aromatic carbocycles. The zero-order chi connectivity index (χ0) is 17.1. The van der Waals surface area contributed by atoms with Gasteiger partial charge < -0.3 is 4.52 Å². The summed E-state index contributed by atoms with van der Waals surface area (Å²) in [5.74, 6) is 2.21. The molecule has 0 aliphatic rings. The van der Waals surface area contributed by atoms with Crippen LogP contribution in [0, 0.1) is 5.92 Å². The smallest absolute Gasteiger partial charge is 0.263 e. The van der Waals surface area contributed by atoms with Crippen molar-refractivity contribution in [2.24, 2.45) is 5.92 Å². The van der Waals surface area contributed by atoms with Crippen LogP contribution in [0.2, 0.25) is 0 Å². The fourth-order valence-corrected chi connectivity index (χ4v) is 3.90. The van der Waals surface area contributed by atoms with E-state index < -0.39 is 0 Å². The third-order valence-corrected chi connectivity index (χ3v) is 5.05. The van der Waals surface area contributed by atoms with Crippen LogP contribution in [0.15, 0.2) is 38.6 Å². The van der Waals surface area contributed by atoms with Crippen molar-refractivity contribution in [2.45, 2.75) is 37.7 Å². The van der Waals surface area contributed by atoms with E-state index in [-0.39, 0.29) is 5.56 Å². The molecule has 3 aromatic rings. The van der Waals surface area contributed by atoms with E-state index in [1.165, 1.54) is 23.1 Å². The second-order valence-corrected chi connectivity index (χ2v) is 7.57. The van der Waals surface area contributed by atoms with Crippen LogP contribution < -0.4 is 5.56 Å². The van der Waals surface area contributed by atoms with Crippen LogP contribution in [0.25, 0.3) is 10.2 Å². The number of hydrogen-bond donors (Lipinski definition) is 0. The SMILES string of the molecule is C=CCn1c(SCc2nc(CC(C)C)no2)nc2sccc2c1=O. The topological polar surface area (TPSA) is 73.8 Å². The molecular weight excluding hydrogens is 344 g/mol. The van der Waals surface area contributed by atoms with Gasteiger partial charge in [-0.15, -0.1) is 17.9 Å². The van der Waals surface area contributed by atoms with Gasteiger partial charge >= 0.3 is 0 Å². The maximum atomic E-state index is 12.6. The van der Waals surface area contributed by atoms with Crippen LogP contribution in [0.5, 0.6) is 0 Å². The number of rotatable bonds is 7. The van der Waals surface area contributed by atoms with Gasteiger partial charge in [0, 0.05) is 13.0 Å². The maximum Gasteiger partial charge on any atom is 0.263 e. The van der Waals surface area contributed by atoms with Crippen molar-refractivity contribution in [1.29, 1.82) is 0 Å². The Morgan fingerprint density at radius 3 is 3.04 bits per heavy atom. The average Bonchev–Trinajstić information content (AvgIpc) is 3.17. The van der Waals surface area contributed by atoms with Gasteiger partial charge in [-0.25, -0.2) is 4.98 Å². The molecule has 3 rings (SSSR count). The maximum absolute atomic E-state index is 12.6. The molecule has 3 heterocycles. The summed E-state index contributed by atoms with van der Waals surface area (Å²) in [6, 6.07) is 1.81. The van der Waals surface area contributed by atoms with E-state index in [0.29, 0.717) is 40.5 Å². The van der Waals surface area contributed by atoms with Crippen LogP contribution in [-0.4, -0.2) is 19.7 Å². The second-order valence-electron chi connectivity index (χ2n) is 5.73. The van der Waals surface area contributed by atoms with Crippen molar-refractivity contribution in [1.82, 2.24) is 19.7 Å². The highest BCUT2D eigenvalue weighted by Gasteiger charge is 2.14. The molecule has 0 bridgehead atoms. The first-order chi connectivity index (χ1) is 11.6. The Kier molecular flexibility index (Phi) is 5.15. The quantitative estimate of drug-likeness (QED) is 0.364. The molecule has 0 spiro atoms. The number of hydrogen-bond acceptors (Lipinski definition) is 7. The molecule has 6 nitrogen and oxygen atoms in total. The largest absolute Gasteiger partial charge is 0.338 e. The van der Waals surface area contributed by atoms with Gasteiger partial charge in [-0.2, -0.15) is 4.98 Å². The first-order valence-electron chi connectivity index (χ1n) is 7.61. The number of thiophene rings is 1. The Bertz CT molecular complexity index is 910. The highest BCUT2D eigenvalue weighted by Crippen LogP contribution is 2.23. The standard InChI is InChI=1S/C16H18N4O2S2/c1-4-6-20-15(21)11-5-7-23-14(11)18-16(20)24-9-13-17-12(19-22-13)8-10(2)3/h4-5,7,10H,1,6,8-9H2,2-3H3. The average molecular weight is 362 g/mol. The highest BCUT2D eigenvalue weighted by atomic mass is 32.2. The van der Waals surface area contributed by atoms with Crippen molar-refractivity contribution < 1.29 is 4.52 Å². The van der Waals surface area contributed by atoms with Crippen LogP contribution in [-0.2, 0) is 18.7 Å². The molecule has 126 valence electrons. The van der Waals surface area contributed by atoms with Gasteiger partial charge in [0.1, 0.15) is 4.83 Å². The summed E-state index contributed by atoms with van der Waals surface area (Å²) < 4.78 is 6.90. The predicted octanol–water partition coefficient (Wildman–Crippen LogP) is 3.52. The minimum absolute atomic E-state index is 0.0466. The number of aromatic nitrogens is 4. The van der Waals surface area contributed by atoms with Crippen molar-refractivity contribution in [3.8, 4) is 0 Å². The molecule has 0 saturated heterocycles.